The largest absolute Gasteiger partial charge is 0.481 e. The lowest BCUT2D eigenvalue weighted by atomic mass is 9.74. The summed E-state index contributed by atoms with van der Waals surface area (Å²) in [7, 11) is -1.13. The molecule has 1 fully saturated rings. The molecule has 0 aromatic heterocycles. The minimum Gasteiger partial charge on any atom is -0.481 e. The lowest BCUT2D eigenvalue weighted by molar-refractivity contribution is -0.144. The Balaban J connectivity index is 1.99. The van der Waals surface area contributed by atoms with Crippen LogP contribution in [0.4, 0.5) is 0 Å². The first kappa shape index (κ1) is 26.8. The van der Waals surface area contributed by atoms with Gasteiger partial charge in [-0.2, -0.15) is 0 Å². The summed E-state index contributed by atoms with van der Waals surface area (Å²) in [5, 5.41) is 19.8. The van der Waals surface area contributed by atoms with E-state index < -0.39 is 20.6 Å². The predicted molar refractivity (Wildman–Crippen MR) is 134 cm³/mol. The Morgan fingerprint density at radius 1 is 1.25 bits per heavy atom. The van der Waals surface area contributed by atoms with Gasteiger partial charge in [0.05, 0.1) is 18.1 Å². The highest BCUT2D eigenvalue weighted by Gasteiger charge is 2.35. The topological polar surface area (TPSA) is 66.8 Å². The average Bonchev–Trinajstić information content (AvgIpc) is 2.68. The molecule has 4 unspecified atom stereocenters. The third-order valence-corrected chi connectivity index (χ3v) is 7.53. The van der Waals surface area contributed by atoms with Crippen molar-refractivity contribution < 1.29 is 19.4 Å². The second kappa shape index (κ2) is 12.1. The van der Waals surface area contributed by atoms with Gasteiger partial charge >= 0.3 is 5.97 Å². The van der Waals surface area contributed by atoms with Gasteiger partial charge in [-0.25, -0.2) is 0 Å². The van der Waals surface area contributed by atoms with Gasteiger partial charge in [0.1, 0.15) is 0 Å². The Kier molecular flexibility index (Phi) is 10.2. The van der Waals surface area contributed by atoms with Crippen LogP contribution < -0.4 is 0 Å². The van der Waals surface area contributed by atoms with E-state index in [1.807, 2.05) is 0 Å². The molecule has 0 radical (unpaired) electrons. The number of carboxylic acids is 1. The number of aliphatic carboxylic acids is 1. The molecule has 1 aromatic carbocycles. The van der Waals surface area contributed by atoms with Gasteiger partial charge in [-0.1, -0.05) is 63.3 Å². The van der Waals surface area contributed by atoms with E-state index in [0.717, 1.165) is 32.1 Å². The molecule has 4 atom stereocenters. The second-order valence-corrected chi connectivity index (χ2v) is 13.4. The highest BCUT2D eigenvalue weighted by atomic mass is 28.3. The molecule has 1 aliphatic rings. The minimum atomic E-state index is -1.13. The normalized spacial score (nSPS) is 24.0. The Bertz CT molecular complexity index is 725. The quantitative estimate of drug-likeness (QED) is 0.292. The fraction of sp³-hybridized carbons (Fsp3) is 0.667. The van der Waals surface area contributed by atoms with E-state index in [1.54, 1.807) is 0 Å². The highest BCUT2D eigenvalue weighted by Crippen LogP contribution is 2.38. The van der Waals surface area contributed by atoms with E-state index in [9.17, 15) is 9.90 Å². The lowest BCUT2D eigenvalue weighted by Gasteiger charge is -2.35. The predicted octanol–water partition coefficient (Wildman–Crippen LogP) is 6.51. The summed E-state index contributed by atoms with van der Waals surface area (Å²) in [6, 6.07) is 10.6. The number of carbonyl (C=O) groups is 1. The van der Waals surface area contributed by atoms with Gasteiger partial charge < -0.3 is 14.6 Å². The molecule has 2 N–H and O–H groups in total. The number of allylic oxidation sites excluding steroid dienone is 2. The number of benzene rings is 1. The van der Waals surface area contributed by atoms with Crippen molar-refractivity contribution >= 4 is 15.0 Å². The fourth-order valence-electron chi connectivity index (χ4n) is 4.93. The van der Waals surface area contributed by atoms with E-state index in [-0.39, 0.29) is 23.9 Å². The van der Waals surface area contributed by atoms with Crippen molar-refractivity contribution in [1.82, 2.24) is 0 Å². The first-order valence-electron chi connectivity index (χ1n) is 12.3. The van der Waals surface area contributed by atoms with Gasteiger partial charge in [0.25, 0.3) is 0 Å². The van der Waals surface area contributed by atoms with Crippen LogP contribution in [0.5, 0.6) is 0 Å². The van der Waals surface area contributed by atoms with Gasteiger partial charge in [0, 0.05) is 0 Å². The summed E-state index contributed by atoms with van der Waals surface area (Å²) in [4.78, 5) is 11.1. The van der Waals surface area contributed by atoms with Crippen molar-refractivity contribution in [1.29, 1.82) is 0 Å². The molecular formula is C27H44O4Si. The number of hydrogen-bond donors (Lipinski definition) is 2. The van der Waals surface area contributed by atoms with E-state index in [0.29, 0.717) is 18.8 Å². The van der Waals surface area contributed by atoms with Crippen LogP contribution in [0.2, 0.25) is 13.1 Å². The molecule has 180 valence electrons. The van der Waals surface area contributed by atoms with Crippen molar-refractivity contribution in [3.63, 3.8) is 0 Å². The summed E-state index contributed by atoms with van der Waals surface area (Å²) in [5.74, 6) is -0.223. The second-order valence-electron chi connectivity index (χ2n) is 11.0. The molecule has 1 aromatic rings. The summed E-state index contributed by atoms with van der Waals surface area (Å²) in [6.07, 6.45) is 10.9. The average molecular weight is 461 g/mol. The number of rotatable bonds is 11. The van der Waals surface area contributed by atoms with Crippen molar-refractivity contribution in [3.05, 3.63) is 48.0 Å². The zero-order valence-electron chi connectivity index (χ0n) is 20.7. The molecule has 0 bridgehead atoms. The zero-order valence-corrected chi connectivity index (χ0v) is 21.9. The molecule has 0 aliphatic heterocycles. The molecule has 0 saturated heterocycles. The van der Waals surface area contributed by atoms with Crippen LogP contribution in [-0.2, 0) is 9.22 Å². The first-order valence-corrected chi connectivity index (χ1v) is 15.1. The maximum atomic E-state index is 11.1. The van der Waals surface area contributed by atoms with Crippen LogP contribution in [-0.4, -0.2) is 30.8 Å². The molecule has 5 heteroatoms. The third kappa shape index (κ3) is 9.20. The maximum Gasteiger partial charge on any atom is 0.306 e. The van der Waals surface area contributed by atoms with Crippen LogP contribution in [0.3, 0.4) is 0 Å². The van der Waals surface area contributed by atoms with E-state index in [4.69, 9.17) is 9.53 Å². The van der Waals surface area contributed by atoms with Crippen molar-refractivity contribution in [2.45, 2.75) is 96.9 Å². The minimum absolute atomic E-state index is 0.151. The van der Waals surface area contributed by atoms with Gasteiger partial charge in [-0.05, 0) is 80.9 Å². The van der Waals surface area contributed by atoms with Crippen molar-refractivity contribution in [2.75, 3.05) is 0 Å². The van der Waals surface area contributed by atoms with E-state index >= 15 is 0 Å². The molecule has 0 amide bonds. The highest BCUT2D eigenvalue weighted by molar-refractivity contribution is 6.48. The molecule has 1 aliphatic carbocycles. The third-order valence-electron chi connectivity index (χ3n) is 6.66. The summed E-state index contributed by atoms with van der Waals surface area (Å²) in [6.45, 7) is 11.3. The van der Waals surface area contributed by atoms with Crippen molar-refractivity contribution in [2.24, 2.45) is 17.3 Å². The Morgan fingerprint density at radius 2 is 1.94 bits per heavy atom. The van der Waals surface area contributed by atoms with E-state index in [1.165, 1.54) is 5.56 Å². The SMILES string of the molecule is C[SiH](C)OC(CCCC(C=CC1CCCC(O)(CC(=O)O)C1)C(C)(C)C)c1ccccc1. The zero-order chi connectivity index (χ0) is 23.8. The summed E-state index contributed by atoms with van der Waals surface area (Å²) < 4.78 is 6.36. The number of hydrogen-bond acceptors (Lipinski definition) is 3. The molecule has 32 heavy (non-hydrogen) atoms. The monoisotopic (exact) mass is 460 g/mol. The summed E-state index contributed by atoms with van der Waals surface area (Å²) >= 11 is 0. The van der Waals surface area contributed by atoms with Crippen LogP contribution in [0.25, 0.3) is 0 Å². The van der Waals surface area contributed by atoms with Crippen LogP contribution in [0, 0.1) is 17.3 Å². The fourth-order valence-corrected chi connectivity index (χ4v) is 5.88. The number of carboxylic acid groups (broad SMARTS) is 1. The van der Waals surface area contributed by atoms with Crippen molar-refractivity contribution in [3.8, 4) is 0 Å². The Morgan fingerprint density at radius 3 is 2.53 bits per heavy atom. The molecule has 2 rings (SSSR count). The molecule has 0 heterocycles. The smallest absolute Gasteiger partial charge is 0.306 e. The summed E-state index contributed by atoms with van der Waals surface area (Å²) in [5.41, 5.74) is 0.367. The van der Waals surface area contributed by atoms with E-state index in [2.05, 4.69) is 76.3 Å². The number of aliphatic hydroxyl groups is 1. The first-order chi connectivity index (χ1) is 15.0. The maximum absolute atomic E-state index is 11.1. The molecule has 4 nitrogen and oxygen atoms in total. The van der Waals surface area contributed by atoms with Crippen LogP contribution >= 0.6 is 0 Å². The Labute approximate surface area is 196 Å². The van der Waals surface area contributed by atoms with Gasteiger partial charge in [0.2, 0.25) is 0 Å². The standard InChI is InChI=1S/C27H44O4Si/c1-26(2,3)23(17-16-21-11-10-18-27(30,19-21)20-25(28)29)14-9-15-24(31-32(4)5)22-12-7-6-8-13-22/h6-8,12-13,16-17,21,23-24,30,32H,9-11,14-15,18-20H2,1-5H3,(H,28,29). The van der Waals surface area contributed by atoms with Crippen LogP contribution in [0.1, 0.15) is 83.8 Å². The van der Waals surface area contributed by atoms with Crippen LogP contribution in [0.15, 0.2) is 42.5 Å². The molecule has 0 spiro atoms. The molecular weight excluding hydrogens is 416 g/mol. The van der Waals surface area contributed by atoms with Gasteiger partial charge in [-0.3, -0.25) is 4.79 Å². The van der Waals surface area contributed by atoms with Gasteiger partial charge in [-0.15, -0.1) is 0 Å². The Hall–Kier alpha value is -1.43. The lowest BCUT2D eigenvalue weighted by Crippen LogP contribution is -2.37. The van der Waals surface area contributed by atoms with Gasteiger partial charge in [0.15, 0.2) is 9.04 Å². The molecule has 1 saturated carbocycles.